The molecule has 0 saturated carbocycles. The summed E-state index contributed by atoms with van der Waals surface area (Å²) in [5.74, 6) is 1.44. The maximum Gasteiger partial charge on any atom is 0.213 e. The fourth-order valence-electron chi connectivity index (χ4n) is 3.02. The molecule has 114 valence electrons. The van der Waals surface area contributed by atoms with Crippen molar-refractivity contribution < 1.29 is 9.47 Å². The third-order valence-corrected chi connectivity index (χ3v) is 4.12. The molecular formula is C15H22N4O2. The lowest BCUT2D eigenvalue weighted by Crippen LogP contribution is -2.47. The van der Waals surface area contributed by atoms with E-state index < -0.39 is 0 Å². The molecule has 3 rings (SSSR count). The number of pyridine rings is 1. The highest BCUT2D eigenvalue weighted by molar-refractivity contribution is 5.80. The van der Waals surface area contributed by atoms with Gasteiger partial charge in [-0.25, -0.2) is 4.98 Å². The molecule has 2 fully saturated rings. The van der Waals surface area contributed by atoms with Crippen LogP contribution in [0.5, 0.6) is 5.88 Å². The number of aromatic nitrogens is 1. The zero-order chi connectivity index (χ0) is 14.7. The summed E-state index contributed by atoms with van der Waals surface area (Å²) in [6, 6.07) is 4.26. The summed E-state index contributed by atoms with van der Waals surface area (Å²) in [7, 11) is 3.41. The van der Waals surface area contributed by atoms with Crippen LogP contribution in [0.1, 0.15) is 24.8 Å². The first-order chi connectivity index (χ1) is 10.3. The molecule has 3 atom stereocenters. The van der Waals surface area contributed by atoms with Crippen molar-refractivity contribution in [2.24, 2.45) is 4.99 Å². The van der Waals surface area contributed by atoms with E-state index in [0.29, 0.717) is 30.7 Å². The van der Waals surface area contributed by atoms with Gasteiger partial charge in [0.15, 0.2) is 5.96 Å². The minimum Gasteiger partial charge on any atom is -0.481 e. The average Bonchev–Trinajstić information content (AvgIpc) is 3.14. The minimum absolute atomic E-state index is 0.342. The van der Waals surface area contributed by atoms with Crippen LogP contribution in [0, 0.1) is 0 Å². The van der Waals surface area contributed by atoms with Gasteiger partial charge < -0.3 is 20.1 Å². The van der Waals surface area contributed by atoms with Gasteiger partial charge in [-0.2, -0.15) is 0 Å². The number of nitrogens with zero attached hydrogens (tertiary/aromatic N) is 2. The van der Waals surface area contributed by atoms with Gasteiger partial charge in [-0.3, -0.25) is 4.99 Å². The second-order valence-corrected chi connectivity index (χ2v) is 5.49. The van der Waals surface area contributed by atoms with Gasteiger partial charge in [0.05, 0.1) is 25.4 Å². The zero-order valence-corrected chi connectivity index (χ0v) is 12.5. The van der Waals surface area contributed by atoms with Crippen LogP contribution >= 0.6 is 0 Å². The van der Waals surface area contributed by atoms with Crippen molar-refractivity contribution in [2.45, 2.75) is 44.1 Å². The number of hydrogen-bond donors (Lipinski definition) is 2. The van der Waals surface area contributed by atoms with Crippen LogP contribution in [0.15, 0.2) is 23.3 Å². The normalized spacial score (nSPS) is 27.7. The SMILES string of the molecule is CN=C(NCc1ccnc(OC)c1)NC1CC2CCC1O2. The van der Waals surface area contributed by atoms with E-state index in [9.17, 15) is 0 Å². The Morgan fingerprint density at radius 3 is 3.10 bits per heavy atom. The van der Waals surface area contributed by atoms with Gasteiger partial charge >= 0.3 is 0 Å². The van der Waals surface area contributed by atoms with Crippen LogP contribution in [0.25, 0.3) is 0 Å². The molecule has 6 heteroatoms. The monoisotopic (exact) mass is 290 g/mol. The second kappa shape index (κ2) is 6.30. The number of aliphatic imine (C=N–C) groups is 1. The van der Waals surface area contributed by atoms with Crippen molar-refractivity contribution in [3.8, 4) is 5.88 Å². The Balaban J connectivity index is 1.53. The Morgan fingerprint density at radius 2 is 2.43 bits per heavy atom. The number of guanidine groups is 1. The summed E-state index contributed by atoms with van der Waals surface area (Å²) in [4.78, 5) is 8.39. The summed E-state index contributed by atoms with van der Waals surface area (Å²) >= 11 is 0. The predicted molar refractivity (Wildman–Crippen MR) is 80.4 cm³/mol. The Kier molecular flexibility index (Phi) is 4.24. The average molecular weight is 290 g/mol. The van der Waals surface area contributed by atoms with Crippen LogP contribution in [-0.2, 0) is 11.3 Å². The van der Waals surface area contributed by atoms with Gasteiger partial charge in [0.2, 0.25) is 5.88 Å². The van der Waals surface area contributed by atoms with Crippen molar-refractivity contribution in [3.05, 3.63) is 23.9 Å². The van der Waals surface area contributed by atoms with Crippen LogP contribution in [-0.4, -0.2) is 43.4 Å². The van der Waals surface area contributed by atoms with Gasteiger partial charge in [0.1, 0.15) is 0 Å². The van der Waals surface area contributed by atoms with E-state index in [0.717, 1.165) is 24.4 Å². The molecule has 1 aromatic rings. The quantitative estimate of drug-likeness (QED) is 0.641. The minimum atomic E-state index is 0.342. The molecule has 0 amide bonds. The third kappa shape index (κ3) is 3.26. The van der Waals surface area contributed by atoms with E-state index in [4.69, 9.17) is 9.47 Å². The molecule has 0 spiro atoms. The molecule has 21 heavy (non-hydrogen) atoms. The summed E-state index contributed by atoms with van der Waals surface area (Å²) in [6.45, 7) is 0.681. The van der Waals surface area contributed by atoms with Crippen molar-refractivity contribution >= 4 is 5.96 Å². The number of methoxy groups -OCH3 is 1. The summed E-state index contributed by atoms with van der Waals surface area (Å²) < 4.78 is 11.0. The van der Waals surface area contributed by atoms with Crippen LogP contribution in [0.3, 0.4) is 0 Å². The number of fused-ring (bicyclic) bond motifs is 2. The molecule has 2 N–H and O–H groups in total. The second-order valence-electron chi connectivity index (χ2n) is 5.49. The molecule has 0 aromatic carbocycles. The molecule has 6 nitrogen and oxygen atoms in total. The summed E-state index contributed by atoms with van der Waals surface area (Å²) in [5.41, 5.74) is 1.11. The number of rotatable bonds is 4. The molecule has 0 aliphatic carbocycles. The maximum atomic E-state index is 5.85. The Morgan fingerprint density at radius 1 is 1.52 bits per heavy atom. The van der Waals surface area contributed by atoms with Crippen molar-refractivity contribution in [2.75, 3.05) is 14.2 Å². The van der Waals surface area contributed by atoms with Crippen LogP contribution in [0.2, 0.25) is 0 Å². The largest absolute Gasteiger partial charge is 0.481 e. The van der Waals surface area contributed by atoms with E-state index in [1.165, 1.54) is 6.42 Å². The van der Waals surface area contributed by atoms with Gasteiger partial charge in [-0.1, -0.05) is 0 Å². The standard InChI is InChI=1S/C15H22N4O2/c1-16-15(19-12-8-11-3-4-13(12)21-11)18-9-10-5-6-17-14(7-10)20-2/h5-7,11-13H,3-4,8-9H2,1-2H3,(H2,16,18,19). The fraction of sp³-hybridized carbons (Fsp3) is 0.600. The van der Waals surface area contributed by atoms with Gasteiger partial charge in [-0.05, 0) is 30.9 Å². The van der Waals surface area contributed by atoms with E-state index in [1.54, 1.807) is 20.4 Å². The molecular weight excluding hydrogens is 268 g/mol. The maximum absolute atomic E-state index is 5.85. The number of nitrogens with one attached hydrogen (secondary N) is 2. The molecule has 1 aromatic heterocycles. The first kappa shape index (κ1) is 14.1. The summed E-state index contributed by atoms with van der Waals surface area (Å²) in [5, 5.41) is 6.79. The third-order valence-electron chi connectivity index (χ3n) is 4.12. The van der Waals surface area contributed by atoms with Crippen molar-refractivity contribution in [3.63, 3.8) is 0 Å². The fourth-order valence-corrected chi connectivity index (χ4v) is 3.02. The first-order valence-corrected chi connectivity index (χ1v) is 7.40. The Labute approximate surface area is 125 Å². The predicted octanol–water partition coefficient (Wildman–Crippen LogP) is 1.08. The number of hydrogen-bond acceptors (Lipinski definition) is 4. The lowest BCUT2D eigenvalue weighted by molar-refractivity contribution is 0.0992. The highest BCUT2D eigenvalue weighted by Gasteiger charge is 2.41. The van der Waals surface area contributed by atoms with Gasteiger partial charge in [0.25, 0.3) is 0 Å². The molecule has 2 aliphatic rings. The van der Waals surface area contributed by atoms with Crippen LogP contribution < -0.4 is 15.4 Å². The molecule has 2 saturated heterocycles. The van der Waals surface area contributed by atoms with Gasteiger partial charge in [0, 0.05) is 25.9 Å². The van der Waals surface area contributed by atoms with E-state index in [2.05, 4.69) is 20.6 Å². The molecule has 2 aliphatic heterocycles. The molecule has 3 heterocycles. The lowest BCUT2D eigenvalue weighted by atomic mass is 9.96. The van der Waals surface area contributed by atoms with Crippen molar-refractivity contribution in [1.29, 1.82) is 0 Å². The smallest absolute Gasteiger partial charge is 0.213 e. The lowest BCUT2D eigenvalue weighted by Gasteiger charge is -2.22. The first-order valence-electron chi connectivity index (χ1n) is 7.40. The van der Waals surface area contributed by atoms with Gasteiger partial charge in [-0.15, -0.1) is 0 Å². The Hall–Kier alpha value is -1.82. The van der Waals surface area contributed by atoms with E-state index in [-0.39, 0.29) is 0 Å². The molecule has 2 bridgehead atoms. The van der Waals surface area contributed by atoms with E-state index in [1.807, 2.05) is 12.1 Å². The Bertz CT molecular complexity index is 520. The highest BCUT2D eigenvalue weighted by atomic mass is 16.5. The van der Waals surface area contributed by atoms with Crippen LogP contribution in [0.4, 0.5) is 0 Å². The summed E-state index contributed by atoms with van der Waals surface area (Å²) in [6.07, 6.45) is 5.96. The zero-order valence-electron chi connectivity index (χ0n) is 12.5. The number of ether oxygens (including phenoxy) is 2. The highest BCUT2D eigenvalue weighted by Crippen LogP contribution is 2.34. The molecule has 0 radical (unpaired) electrons. The van der Waals surface area contributed by atoms with Crippen molar-refractivity contribution in [1.82, 2.24) is 15.6 Å². The molecule has 3 unspecified atom stereocenters. The topological polar surface area (TPSA) is 67.8 Å². The van der Waals surface area contributed by atoms with E-state index >= 15 is 0 Å².